The number of urea groups is 1. The van der Waals surface area contributed by atoms with Gasteiger partial charge in [0.2, 0.25) is 23.7 Å². The van der Waals surface area contributed by atoms with Crippen molar-refractivity contribution in [1.82, 2.24) is 45.1 Å². The number of piperazine rings is 1. The predicted octanol–water partition coefficient (Wildman–Crippen LogP) is 3.63. The predicted molar refractivity (Wildman–Crippen MR) is 291 cm³/mol. The highest BCUT2D eigenvalue weighted by Gasteiger charge is 2.45. The van der Waals surface area contributed by atoms with Crippen molar-refractivity contribution < 1.29 is 56.8 Å². The summed E-state index contributed by atoms with van der Waals surface area (Å²) in [4.78, 5) is 93.6. The molecule has 4 N–H and O–H groups in total. The summed E-state index contributed by atoms with van der Waals surface area (Å²) in [7, 11) is 1.65. The number of amides is 7. The fourth-order valence-electron chi connectivity index (χ4n) is 10.3. The van der Waals surface area contributed by atoms with E-state index in [1.54, 1.807) is 48.5 Å². The first kappa shape index (κ1) is 57.0. The minimum atomic E-state index is -1.03. The number of hydrogen-bond donors (Lipinski definition) is 4. The van der Waals surface area contributed by atoms with Gasteiger partial charge in [0.05, 0.1) is 88.7 Å². The van der Waals surface area contributed by atoms with Gasteiger partial charge >= 0.3 is 6.03 Å². The van der Waals surface area contributed by atoms with Crippen LogP contribution in [0.4, 0.5) is 26.6 Å². The summed E-state index contributed by atoms with van der Waals surface area (Å²) < 4.78 is 43.8. The Hall–Kier alpha value is -7.74. The number of likely N-dealkylation sites (tertiary alicyclic amines) is 1. The number of imide groups is 2. The molecule has 3 aromatic carbocycles. The minimum absolute atomic E-state index is 0.00281. The smallest absolute Gasteiger partial charge is 0.320 e. The zero-order valence-electron chi connectivity index (χ0n) is 44.9. The van der Waals surface area contributed by atoms with Crippen LogP contribution >= 0.6 is 0 Å². The molecule has 0 spiro atoms. The van der Waals surface area contributed by atoms with Crippen molar-refractivity contribution in [2.75, 3.05) is 134 Å². The average Bonchev–Trinajstić information content (AvgIpc) is 4.22. The number of carbonyl (C=O) groups excluding carboxylic acids is 6. The van der Waals surface area contributed by atoms with Gasteiger partial charge in [-0.05, 0) is 55.3 Å². The topological polar surface area (TPSA) is 253 Å². The number of fused-ring (bicyclic) bond motifs is 1. The second kappa shape index (κ2) is 27.4. The molecular weight excluding hydrogens is 1040 g/mol. The number of anilines is 3. The Labute approximate surface area is 462 Å². The Bertz CT molecular complexity index is 2980. The second-order valence-corrected chi connectivity index (χ2v) is 19.6. The molecule has 0 saturated carbocycles. The summed E-state index contributed by atoms with van der Waals surface area (Å²) >= 11 is 0. The number of nitrogens with zero attached hydrogens (tertiary/aromatic N) is 8. The lowest BCUT2D eigenvalue weighted by atomic mass is 9.94. The number of piperidine rings is 1. The molecule has 24 heteroatoms. The number of benzene rings is 3. The molecule has 80 heavy (non-hydrogen) atoms. The first-order chi connectivity index (χ1) is 39.0. The number of carbonyl (C=O) groups is 6. The van der Waals surface area contributed by atoms with Crippen LogP contribution in [0.15, 0.2) is 85.2 Å². The van der Waals surface area contributed by atoms with Crippen LogP contribution in [0.25, 0.3) is 16.9 Å². The number of aromatic nitrogens is 4. The van der Waals surface area contributed by atoms with Gasteiger partial charge in [-0.25, -0.2) is 23.8 Å². The van der Waals surface area contributed by atoms with Crippen LogP contribution in [0.1, 0.15) is 57.0 Å². The number of methoxy groups -OCH3 is 1. The standard InChI is InChI=1S/C56H67FN12O11/c1-37-50(64-69(41-10-4-3-5-11-41)51(37)63-56(75)61-45-36-65(22-25-76-2)35-43(45)38-8-6-9-40(57)32-38)39-33-59-55(60-34-39)67-20-18-66(19-21-67)48(71)16-23-77-26-28-79-30-31-80-29-27-78-24-17-58-44-13-7-12-42-49(44)54(74)68(53(42)73)46-14-15-47(70)62-52(46)72/h3-13,32-34,43,45-46,58H,14-31,35-36H2,1-2H3,(H2,61,63,75)(H,62,70,72)/t43-,45+,46?/m0/s1. The number of halogens is 1. The van der Waals surface area contributed by atoms with Crippen molar-refractivity contribution in [3.63, 3.8) is 0 Å². The molecule has 7 amide bonds. The molecule has 23 nitrogen and oxygen atoms in total. The van der Waals surface area contributed by atoms with Crippen molar-refractivity contribution in [2.45, 2.75) is 44.2 Å². The molecule has 3 atom stereocenters. The maximum Gasteiger partial charge on any atom is 0.320 e. The molecule has 9 rings (SSSR count). The van der Waals surface area contributed by atoms with Gasteiger partial charge in [0.1, 0.15) is 23.4 Å². The van der Waals surface area contributed by atoms with E-state index in [0.717, 1.165) is 16.2 Å². The van der Waals surface area contributed by atoms with Crippen LogP contribution in [-0.4, -0.2) is 201 Å². The van der Waals surface area contributed by atoms with E-state index >= 15 is 0 Å². The summed E-state index contributed by atoms with van der Waals surface area (Å²) in [6.07, 6.45) is 3.82. The van der Waals surface area contributed by atoms with Gasteiger partial charge in [-0.1, -0.05) is 36.4 Å². The molecule has 0 bridgehead atoms. The minimum Gasteiger partial charge on any atom is -0.383 e. The number of ether oxygens (including phenoxy) is 5. The SMILES string of the molecule is COCCN1C[C@@H](NC(=O)Nc2c(C)c(-c3cnc(N4CCN(C(=O)CCOCCOCCOCCOCCNc5cccc6c5C(=O)N(C5CCC(=O)NC5=O)C6=O)CC4)nc3)nn2-c2ccccc2)[C@H](c2cccc(F)c2)C1. The summed E-state index contributed by atoms with van der Waals surface area (Å²) in [6, 6.07) is 19.2. The lowest BCUT2D eigenvalue weighted by molar-refractivity contribution is -0.136. The van der Waals surface area contributed by atoms with Gasteiger partial charge in [-0.15, -0.1) is 0 Å². The highest BCUT2D eigenvalue weighted by Crippen LogP contribution is 2.34. The molecule has 424 valence electrons. The first-order valence-electron chi connectivity index (χ1n) is 26.9. The summed E-state index contributed by atoms with van der Waals surface area (Å²) in [5, 5.41) is 16.5. The molecule has 0 aliphatic carbocycles. The van der Waals surface area contributed by atoms with E-state index in [1.165, 1.54) is 12.1 Å². The van der Waals surface area contributed by atoms with Crippen LogP contribution in [0.5, 0.6) is 0 Å². The molecule has 4 aliphatic rings. The molecular formula is C56H67FN12O11. The fraction of sp³-hybridized carbons (Fsp3) is 0.446. The maximum atomic E-state index is 14.3. The third-order valence-corrected chi connectivity index (χ3v) is 14.4. The van der Waals surface area contributed by atoms with Gasteiger partial charge < -0.3 is 44.1 Å². The number of para-hydroxylation sites is 1. The van der Waals surface area contributed by atoms with E-state index in [1.807, 2.05) is 53.1 Å². The van der Waals surface area contributed by atoms with E-state index < -0.39 is 35.7 Å². The van der Waals surface area contributed by atoms with Crippen molar-refractivity contribution in [3.8, 4) is 16.9 Å². The fourth-order valence-corrected chi connectivity index (χ4v) is 10.3. The molecule has 6 heterocycles. The van der Waals surface area contributed by atoms with Crippen molar-refractivity contribution in [2.24, 2.45) is 0 Å². The van der Waals surface area contributed by atoms with Gasteiger partial charge in [-0.2, -0.15) is 5.10 Å². The average molecular weight is 1100 g/mol. The van der Waals surface area contributed by atoms with Crippen molar-refractivity contribution in [3.05, 3.63) is 113 Å². The molecule has 5 aromatic rings. The normalized spacial score (nSPS) is 18.4. The monoisotopic (exact) mass is 1100 g/mol. The number of rotatable bonds is 26. The maximum absolute atomic E-state index is 14.3. The molecule has 1 unspecified atom stereocenters. The van der Waals surface area contributed by atoms with Crippen LogP contribution < -0.4 is 26.2 Å². The number of hydrogen-bond acceptors (Lipinski definition) is 17. The quantitative estimate of drug-likeness (QED) is 0.0456. The molecule has 0 radical (unpaired) electrons. The van der Waals surface area contributed by atoms with Crippen molar-refractivity contribution >= 4 is 53.0 Å². The van der Waals surface area contributed by atoms with E-state index in [2.05, 4.69) is 26.2 Å². The highest BCUT2D eigenvalue weighted by atomic mass is 19.1. The zero-order valence-corrected chi connectivity index (χ0v) is 44.9. The Morgan fingerprint density at radius 2 is 1.49 bits per heavy atom. The van der Waals surface area contributed by atoms with E-state index in [-0.39, 0.29) is 60.7 Å². The third kappa shape index (κ3) is 14.0. The van der Waals surface area contributed by atoms with E-state index in [4.69, 9.17) is 38.8 Å². The van der Waals surface area contributed by atoms with E-state index in [0.29, 0.717) is 139 Å². The van der Waals surface area contributed by atoms with Crippen LogP contribution in [0, 0.1) is 12.7 Å². The third-order valence-electron chi connectivity index (χ3n) is 14.4. The van der Waals surface area contributed by atoms with Gasteiger partial charge in [0.25, 0.3) is 11.8 Å². The highest BCUT2D eigenvalue weighted by molar-refractivity contribution is 6.25. The van der Waals surface area contributed by atoms with Crippen molar-refractivity contribution in [1.29, 1.82) is 0 Å². The first-order valence-corrected chi connectivity index (χ1v) is 26.9. The largest absolute Gasteiger partial charge is 0.383 e. The van der Waals surface area contributed by atoms with E-state index in [9.17, 15) is 33.2 Å². The molecule has 4 aliphatic heterocycles. The Morgan fingerprint density at radius 1 is 0.787 bits per heavy atom. The Balaban J connectivity index is 0.644. The summed E-state index contributed by atoms with van der Waals surface area (Å²) in [6.45, 7) is 9.46. The van der Waals surface area contributed by atoms with Crippen LogP contribution in [0.3, 0.4) is 0 Å². The molecule has 3 saturated heterocycles. The van der Waals surface area contributed by atoms with Gasteiger partial charge in [0, 0.05) is 101 Å². The summed E-state index contributed by atoms with van der Waals surface area (Å²) in [5.74, 6) is -1.67. The zero-order chi connectivity index (χ0) is 56.0. The van der Waals surface area contributed by atoms with Gasteiger partial charge in [0.15, 0.2) is 0 Å². The lowest BCUT2D eigenvalue weighted by Gasteiger charge is -2.34. The van der Waals surface area contributed by atoms with Gasteiger partial charge in [-0.3, -0.25) is 44.4 Å². The second-order valence-electron chi connectivity index (χ2n) is 19.6. The lowest BCUT2D eigenvalue weighted by Crippen LogP contribution is -2.54. The van der Waals surface area contributed by atoms with Crippen LogP contribution in [0.2, 0.25) is 0 Å². The Morgan fingerprint density at radius 3 is 2.19 bits per heavy atom. The molecule has 2 aromatic heterocycles. The van der Waals surface area contributed by atoms with Crippen LogP contribution in [-0.2, 0) is 38.1 Å². The molecule has 3 fully saturated rings. The number of nitrogens with one attached hydrogen (secondary N) is 4. The summed E-state index contributed by atoms with van der Waals surface area (Å²) in [5.41, 5.74) is 4.39. The Kier molecular flexibility index (Phi) is 19.5.